The Morgan fingerprint density at radius 2 is 2.30 bits per heavy atom. The van der Waals surface area contributed by atoms with Crippen molar-refractivity contribution < 1.29 is 14.3 Å². The summed E-state index contributed by atoms with van der Waals surface area (Å²) in [5, 5.41) is 14.7. The summed E-state index contributed by atoms with van der Waals surface area (Å²) in [6.45, 7) is 5.92. The summed E-state index contributed by atoms with van der Waals surface area (Å²) in [5.41, 5.74) is 1.93. The zero-order valence-electron chi connectivity index (χ0n) is 11.8. The first-order chi connectivity index (χ1) is 9.45. The molecule has 2 aromatic rings. The highest BCUT2D eigenvalue weighted by molar-refractivity contribution is 7.13. The molecule has 6 heteroatoms. The Bertz CT molecular complexity index is 603. The van der Waals surface area contributed by atoms with Crippen LogP contribution >= 0.6 is 11.3 Å². The molecule has 1 atom stereocenters. The number of nitrogens with zero attached hydrogens (tertiary/aromatic N) is 1. The Labute approximate surface area is 121 Å². The highest BCUT2D eigenvalue weighted by atomic mass is 32.1. The maximum atomic E-state index is 10.5. The zero-order chi connectivity index (χ0) is 14.7. The summed E-state index contributed by atoms with van der Waals surface area (Å²) < 4.78 is 5.52. The first-order valence-electron chi connectivity index (χ1n) is 6.45. The van der Waals surface area contributed by atoms with Crippen LogP contribution < -0.4 is 5.32 Å². The number of aryl methyl sites for hydroxylation is 3. The van der Waals surface area contributed by atoms with E-state index in [1.165, 1.54) is 11.3 Å². The first kappa shape index (κ1) is 14.6. The fourth-order valence-corrected chi connectivity index (χ4v) is 2.90. The molecule has 2 heterocycles. The average Bonchev–Trinajstić information content (AvgIpc) is 2.93. The van der Waals surface area contributed by atoms with E-state index in [9.17, 15) is 4.79 Å². The molecule has 0 amide bonds. The molecule has 20 heavy (non-hydrogen) atoms. The molecule has 0 spiro atoms. The number of hydrogen-bond donors (Lipinski definition) is 2. The van der Waals surface area contributed by atoms with Gasteiger partial charge in [-0.05, 0) is 26.8 Å². The lowest BCUT2D eigenvalue weighted by Gasteiger charge is -2.11. The monoisotopic (exact) mass is 294 g/mol. The van der Waals surface area contributed by atoms with Gasteiger partial charge in [-0.3, -0.25) is 4.79 Å². The molecule has 5 nitrogen and oxygen atoms in total. The number of carboxylic acid groups (broad SMARTS) is 1. The van der Waals surface area contributed by atoms with Crippen LogP contribution in [0.3, 0.4) is 0 Å². The van der Waals surface area contributed by atoms with E-state index < -0.39 is 5.97 Å². The number of aromatic nitrogens is 1. The summed E-state index contributed by atoms with van der Waals surface area (Å²) in [4.78, 5) is 14.9. The number of carboxylic acids is 1. The Kier molecular flexibility index (Phi) is 4.44. The predicted octanol–water partition coefficient (Wildman–Crippen LogP) is 3.54. The standard InChI is InChI=1S/C14H18N2O3S/c1-8-6-12(10(3)19-8)9(2)15-14-16-11(7-20-14)4-5-13(17)18/h6-7,9H,4-5H2,1-3H3,(H,15,16)(H,17,18). The number of rotatable bonds is 6. The van der Waals surface area contributed by atoms with Crippen LogP contribution in [0.25, 0.3) is 0 Å². The molecular weight excluding hydrogens is 276 g/mol. The topological polar surface area (TPSA) is 75.4 Å². The van der Waals surface area contributed by atoms with Crippen molar-refractivity contribution in [1.29, 1.82) is 0 Å². The van der Waals surface area contributed by atoms with Gasteiger partial charge in [-0.1, -0.05) is 0 Å². The van der Waals surface area contributed by atoms with E-state index in [2.05, 4.69) is 17.2 Å². The summed E-state index contributed by atoms with van der Waals surface area (Å²) in [5.74, 6) is 1.00. The van der Waals surface area contributed by atoms with Crippen LogP contribution in [0.15, 0.2) is 15.9 Å². The highest BCUT2D eigenvalue weighted by Gasteiger charge is 2.14. The summed E-state index contributed by atoms with van der Waals surface area (Å²) in [6, 6.07) is 2.12. The van der Waals surface area contributed by atoms with E-state index >= 15 is 0 Å². The normalized spacial score (nSPS) is 12.3. The van der Waals surface area contributed by atoms with Gasteiger partial charge >= 0.3 is 5.97 Å². The fourth-order valence-electron chi connectivity index (χ4n) is 2.07. The molecule has 0 aromatic carbocycles. The summed E-state index contributed by atoms with van der Waals surface area (Å²) in [6.07, 6.45) is 0.574. The third-order valence-corrected chi connectivity index (χ3v) is 3.85. The Morgan fingerprint density at radius 3 is 2.90 bits per heavy atom. The van der Waals surface area contributed by atoms with Crippen molar-refractivity contribution in [2.45, 2.75) is 39.7 Å². The number of nitrogens with one attached hydrogen (secondary N) is 1. The largest absolute Gasteiger partial charge is 0.481 e. The molecule has 0 saturated heterocycles. The van der Waals surface area contributed by atoms with Crippen molar-refractivity contribution in [1.82, 2.24) is 4.98 Å². The second kappa shape index (κ2) is 6.09. The van der Waals surface area contributed by atoms with Crippen LogP contribution in [0, 0.1) is 13.8 Å². The molecular formula is C14H18N2O3S. The molecule has 0 bridgehead atoms. The van der Waals surface area contributed by atoms with Gasteiger partial charge in [0.2, 0.25) is 0 Å². The van der Waals surface area contributed by atoms with E-state index in [1.807, 2.05) is 25.3 Å². The van der Waals surface area contributed by atoms with Crippen LogP contribution in [0.2, 0.25) is 0 Å². The molecule has 2 aromatic heterocycles. The van der Waals surface area contributed by atoms with Gasteiger partial charge in [0, 0.05) is 17.4 Å². The predicted molar refractivity (Wildman–Crippen MR) is 78.3 cm³/mol. The summed E-state index contributed by atoms with van der Waals surface area (Å²) >= 11 is 1.49. The van der Waals surface area contributed by atoms with Gasteiger partial charge in [-0.25, -0.2) is 4.98 Å². The Hall–Kier alpha value is -1.82. The van der Waals surface area contributed by atoms with Gasteiger partial charge in [0.05, 0.1) is 18.2 Å². The third-order valence-electron chi connectivity index (χ3n) is 3.03. The molecule has 0 aliphatic rings. The number of aliphatic carboxylic acids is 1. The Balaban J connectivity index is 1.99. The average molecular weight is 294 g/mol. The minimum absolute atomic E-state index is 0.103. The quantitative estimate of drug-likeness (QED) is 0.852. The number of furan rings is 1. The van der Waals surface area contributed by atoms with Crippen LogP contribution in [0.4, 0.5) is 5.13 Å². The van der Waals surface area contributed by atoms with E-state index in [-0.39, 0.29) is 12.5 Å². The molecule has 0 radical (unpaired) electrons. The maximum Gasteiger partial charge on any atom is 0.303 e. The minimum Gasteiger partial charge on any atom is -0.481 e. The minimum atomic E-state index is -0.801. The second-order valence-corrected chi connectivity index (χ2v) is 5.63. The molecule has 1 unspecified atom stereocenters. The van der Waals surface area contributed by atoms with Crippen molar-refractivity contribution in [2.24, 2.45) is 0 Å². The van der Waals surface area contributed by atoms with Gasteiger partial charge in [-0.15, -0.1) is 11.3 Å². The lowest BCUT2D eigenvalue weighted by molar-refractivity contribution is -0.136. The van der Waals surface area contributed by atoms with Crippen molar-refractivity contribution >= 4 is 22.4 Å². The van der Waals surface area contributed by atoms with Gasteiger partial charge in [-0.2, -0.15) is 0 Å². The van der Waals surface area contributed by atoms with E-state index in [0.717, 1.165) is 27.9 Å². The molecule has 0 saturated carbocycles. The summed E-state index contributed by atoms with van der Waals surface area (Å²) in [7, 11) is 0. The van der Waals surface area contributed by atoms with Crippen LogP contribution in [-0.2, 0) is 11.2 Å². The van der Waals surface area contributed by atoms with Crippen molar-refractivity contribution in [3.63, 3.8) is 0 Å². The van der Waals surface area contributed by atoms with Crippen molar-refractivity contribution in [3.05, 3.63) is 34.2 Å². The van der Waals surface area contributed by atoms with E-state index in [0.29, 0.717) is 6.42 Å². The Morgan fingerprint density at radius 1 is 1.55 bits per heavy atom. The molecule has 2 N–H and O–H groups in total. The smallest absolute Gasteiger partial charge is 0.303 e. The lowest BCUT2D eigenvalue weighted by atomic mass is 10.1. The molecule has 0 aliphatic carbocycles. The fraction of sp³-hybridized carbons (Fsp3) is 0.429. The van der Waals surface area contributed by atoms with E-state index in [1.54, 1.807) is 0 Å². The zero-order valence-corrected chi connectivity index (χ0v) is 12.6. The van der Waals surface area contributed by atoms with Crippen LogP contribution in [0.5, 0.6) is 0 Å². The van der Waals surface area contributed by atoms with Gasteiger partial charge in [0.15, 0.2) is 5.13 Å². The van der Waals surface area contributed by atoms with Gasteiger partial charge < -0.3 is 14.8 Å². The SMILES string of the molecule is Cc1cc(C(C)Nc2nc(CCC(=O)O)cs2)c(C)o1. The van der Waals surface area contributed by atoms with Gasteiger partial charge in [0.1, 0.15) is 11.5 Å². The molecule has 108 valence electrons. The number of anilines is 1. The number of hydrogen-bond acceptors (Lipinski definition) is 5. The van der Waals surface area contributed by atoms with Gasteiger partial charge in [0.25, 0.3) is 0 Å². The van der Waals surface area contributed by atoms with E-state index in [4.69, 9.17) is 9.52 Å². The highest BCUT2D eigenvalue weighted by Crippen LogP contribution is 2.26. The van der Waals surface area contributed by atoms with Crippen LogP contribution in [0.1, 0.15) is 42.2 Å². The van der Waals surface area contributed by atoms with Crippen molar-refractivity contribution in [3.8, 4) is 0 Å². The second-order valence-electron chi connectivity index (χ2n) is 4.77. The van der Waals surface area contributed by atoms with Crippen LogP contribution in [-0.4, -0.2) is 16.1 Å². The maximum absolute atomic E-state index is 10.5. The first-order valence-corrected chi connectivity index (χ1v) is 7.33. The number of carbonyl (C=O) groups is 1. The lowest BCUT2D eigenvalue weighted by Crippen LogP contribution is -2.06. The molecule has 2 rings (SSSR count). The molecule has 0 fully saturated rings. The third kappa shape index (κ3) is 3.60. The van der Waals surface area contributed by atoms with Crippen molar-refractivity contribution in [2.75, 3.05) is 5.32 Å². The number of thiazole rings is 1. The molecule has 0 aliphatic heterocycles.